The fraction of sp³-hybridized carbons (Fsp3) is 0.278. The SMILES string of the molecule is CC(C(=O)N(C)Cc1ccc(Br)cc1)C(N)c1ccccc1. The zero-order valence-electron chi connectivity index (χ0n) is 12.9. The first-order valence-corrected chi connectivity index (χ1v) is 8.08. The fourth-order valence-electron chi connectivity index (χ4n) is 2.41. The van der Waals surface area contributed by atoms with Crippen molar-refractivity contribution in [1.82, 2.24) is 4.90 Å². The molecule has 0 aromatic heterocycles. The minimum Gasteiger partial charge on any atom is -0.341 e. The van der Waals surface area contributed by atoms with Gasteiger partial charge in [0.05, 0.1) is 5.92 Å². The number of halogens is 1. The van der Waals surface area contributed by atoms with Crippen LogP contribution in [0.25, 0.3) is 0 Å². The topological polar surface area (TPSA) is 46.3 Å². The van der Waals surface area contributed by atoms with E-state index in [0.717, 1.165) is 15.6 Å². The lowest BCUT2D eigenvalue weighted by atomic mass is 9.94. The highest BCUT2D eigenvalue weighted by atomic mass is 79.9. The molecule has 0 saturated carbocycles. The van der Waals surface area contributed by atoms with Gasteiger partial charge in [-0.2, -0.15) is 0 Å². The Morgan fingerprint density at radius 3 is 2.32 bits per heavy atom. The van der Waals surface area contributed by atoms with Crippen molar-refractivity contribution < 1.29 is 4.79 Å². The number of nitrogens with two attached hydrogens (primary N) is 1. The van der Waals surface area contributed by atoms with E-state index in [1.54, 1.807) is 4.90 Å². The zero-order valence-corrected chi connectivity index (χ0v) is 14.5. The molecule has 3 nitrogen and oxygen atoms in total. The van der Waals surface area contributed by atoms with Gasteiger partial charge in [0.25, 0.3) is 0 Å². The third kappa shape index (κ3) is 4.18. The van der Waals surface area contributed by atoms with Gasteiger partial charge in [-0.15, -0.1) is 0 Å². The van der Waals surface area contributed by atoms with Gasteiger partial charge in [-0.25, -0.2) is 0 Å². The lowest BCUT2D eigenvalue weighted by Gasteiger charge is -2.25. The van der Waals surface area contributed by atoms with Crippen LogP contribution in [0.4, 0.5) is 0 Å². The molecule has 0 radical (unpaired) electrons. The number of carbonyl (C=O) groups is 1. The summed E-state index contributed by atoms with van der Waals surface area (Å²) >= 11 is 3.41. The number of hydrogen-bond donors (Lipinski definition) is 1. The summed E-state index contributed by atoms with van der Waals surface area (Å²) in [5, 5.41) is 0. The fourth-order valence-corrected chi connectivity index (χ4v) is 2.67. The van der Waals surface area contributed by atoms with Gasteiger partial charge in [0.2, 0.25) is 5.91 Å². The van der Waals surface area contributed by atoms with E-state index in [0.29, 0.717) is 6.54 Å². The standard InChI is InChI=1S/C18H21BrN2O/c1-13(17(20)15-6-4-3-5-7-15)18(22)21(2)12-14-8-10-16(19)11-9-14/h3-11,13,17H,12,20H2,1-2H3. The second kappa shape index (κ2) is 7.56. The minimum atomic E-state index is -0.291. The van der Waals surface area contributed by atoms with E-state index < -0.39 is 0 Å². The molecule has 0 aliphatic rings. The number of carbonyl (C=O) groups excluding carboxylic acids is 1. The summed E-state index contributed by atoms with van der Waals surface area (Å²) in [6.07, 6.45) is 0. The van der Waals surface area contributed by atoms with Crippen molar-refractivity contribution >= 4 is 21.8 Å². The van der Waals surface area contributed by atoms with Crippen LogP contribution in [-0.2, 0) is 11.3 Å². The summed E-state index contributed by atoms with van der Waals surface area (Å²) in [5.74, 6) is -0.206. The molecule has 0 fully saturated rings. The highest BCUT2D eigenvalue weighted by Gasteiger charge is 2.24. The molecule has 2 atom stereocenters. The smallest absolute Gasteiger partial charge is 0.227 e. The van der Waals surface area contributed by atoms with Crippen molar-refractivity contribution in [2.45, 2.75) is 19.5 Å². The summed E-state index contributed by atoms with van der Waals surface area (Å²) in [6, 6.07) is 17.4. The molecule has 116 valence electrons. The predicted octanol–water partition coefficient (Wildman–Crippen LogP) is 3.74. The summed E-state index contributed by atoms with van der Waals surface area (Å²) in [5.41, 5.74) is 8.32. The molecule has 0 aliphatic heterocycles. The molecule has 2 rings (SSSR count). The van der Waals surface area contributed by atoms with Crippen molar-refractivity contribution in [3.63, 3.8) is 0 Å². The number of nitrogens with zero attached hydrogens (tertiary/aromatic N) is 1. The molecule has 4 heteroatoms. The largest absolute Gasteiger partial charge is 0.341 e. The van der Waals surface area contributed by atoms with Crippen LogP contribution in [0.1, 0.15) is 24.1 Å². The quantitative estimate of drug-likeness (QED) is 0.882. The Morgan fingerprint density at radius 1 is 1.14 bits per heavy atom. The van der Waals surface area contributed by atoms with E-state index in [9.17, 15) is 4.79 Å². The van der Waals surface area contributed by atoms with Gasteiger partial charge in [0.15, 0.2) is 0 Å². The summed E-state index contributed by atoms with van der Waals surface area (Å²) in [7, 11) is 1.82. The van der Waals surface area contributed by atoms with Gasteiger partial charge in [-0.05, 0) is 23.3 Å². The van der Waals surface area contributed by atoms with Crippen LogP contribution in [-0.4, -0.2) is 17.9 Å². The number of amides is 1. The summed E-state index contributed by atoms with van der Waals surface area (Å²) in [6.45, 7) is 2.47. The first-order valence-electron chi connectivity index (χ1n) is 7.29. The van der Waals surface area contributed by atoms with E-state index in [1.165, 1.54) is 0 Å². The van der Waals surface area contributed by atoms with Gasteiger partial charge in [-0.3, -0.25) is 4.79 Å². The first kappa shape index (κ1) is 16.7. The average molecular weight is 361 g/mol. The van der Waals surface area contributed by atoms with E-state index in [1.807, 2.05) is 68.6 Å². The Balaban J connectivity index is 2.01. The van der Waals surface area contributed by atoms with E-state index >= 15 is 0 Å². The molecule has 0 saturated heterocycles. The predicted molar refractivity (Wildman–Crippen MR) is 93.2 cm³/mol. The highest BCUT2D eigenvalue weighted by molar-refractivity contribution is 9.10. The molecule has 22 heavy (non-hydrogen) atoms. The number of rotatable bonds is 5. The van der Waals surface area contributed by atoms with Crippen LogP contribution < -0.4 is 5.73 Å². The van der Waals surface area contributed by atoms with Gasteiger partial charge < -0.3 is 10.6 Å². The second-order valence-corrected chi connectivity index (χ2v) is 6.46. The van der Waals surface area contributed by atoms with E-state index in [-0.39, 0.29) is 17.9 Å². The van der Waals surface area contributed by atoms with Crippen molar-refractivity contribution in [1.29, 1.82) is 0 Å². The molecule has 2 unspecified atom stereocenters. The van der Waals surface area contributed by atoms with Gasteiger partial charge in [0, 0.05) is 24.1 Å². The van der Waals surface area contributed by atoms with Crippen LogP contribution in [0, 0.1) is 5.92 Å². The van der Waals surface area contributed by atoms with Crippen LogP contribution >= 0.6 is 15.9 Å². The molecule has 2 N–H and O–H groups in total. The molecule has 2 aromatic carbocycles. The van der Waals surface area contributed by atoms with Gasteiger partial charge in [-0.1, -0.05) is 65.3 Å². The highest BCUT2D eigenvalue weighted by Crippen LogP contribution is 2.21. The third-order valence-electron chi connectivity index (χ3n) is 3.82. The van der Waals surface area contributed by atoms with Crippen molar-refractivity contribution in [2.24, 2.45) is 11.7 Å². The maximum Gasteiger partial charge on any atom is 0.227 e. The molecule has 0 heterocycles. The number of hydrogen-bond acceptors (Lipinski definition) is 2. The average Bonchev–Trinajstić information content (AvgIpc) is 2.55. The lowest BCUT2D eigenvalue weighted by molar-refractivity contribution is -0.134. The normalized spacial score (nSPS) is 13.5. The number of benzene rings is 2. The van der Waals surface area contributed by atoms with Crippen LogP contribution in [0.2, 0.25) is 0 Å². The van der Waals surface area contributed by atoms with Crippen LogP contribution in [0.15, 0.2) is 59.1 Å². The Kier molecular flexibility index (Phi) is 5.75. The Morgan fingerprint density at radius 2 is 1.73 bits per heavy atom. The van der Waals surface area contributed by atoms with E-state index in [4.69, 9.17) is 5.73 Å². The van der Waals surface area contributed by atoms with E-state index in [2.05, 4.69) is 15.9 Å². The van der Waals surface area contributed by atoms with Gasteiger partial charge >= 0.3 is 0 Å². The summed E-state index contributed by atoms with van der Waals surface area (Å²) < 4.78 is 1.03. The molecule has 2 aromatic rings. The minimum absolute atomic E-state index is 0.0549. The molecule has 0 bridgehead atoms. The van der Waals surface area contributed by atoms with Crippen LogP contribution in [0.5, 0.6) is 0 Å². The maximum absolute atomic E-state index is 12.6. The summed E-state index contributed by atoms with van der Waals surface area (Å²) in [4.78, 5) is 14.3. The zero-order chi connectivity index (χ0) is 16.1. The van der Waals surface area contributed by atoms with Crippen molar-refractivity contribution in [2.75, 3.05) is 7.05 Å². The monoisotopic (exact) mass is 360 g/mol. The third-order valence-corrected chi connectivity index (χ3v) is 4.35. The van der Waals surface area contributed by atoms with Crippen molar-refractivity contribution in [3.05, 3.63) is 70.2 Å². The van der Waals surface area contributed by atoms with Crippen LogP contribution in [0.3, 0.4) is 0 Å². The molecular weight excluding hydrogens is 340 g/mol. The molecule has 1 amide bonds. The Hall–Kier alpha value is -1.65. The molecular formula is C18H21BrN2O. The first-order chi connectivity index (χ1) is 10.5. The lowest BCUT2D eigenvalue weighted by Crippen LogP contribution is -2.36. The second-order valence-electron chi connectivity index (χ2n) is 5.55. The Labute approximate surface area is 140 Å². The van der Waals surface area contributed by atoms with Crippen molar-refractivity contribution in [3.8, 4) is 0 Å². The molecule has 0 spiro atoms. The maximum atomic E-state index is 12.6. The Bertz CT molecular complexity index is 613. The molecule has 0 aliphatic carbocycles. The van der Waals surface area contributed by atoms with Gasteiger partial charge in [0.1, 0.15) is 0 Å².